The van der Waals surface area contributed by atoms with Gasteiger partial charge in [0.15, 0.2) is 0 Å². The molecule has 0 radical (unpaired) electrons. The Hall–Kier alpha value is -2.45. The molecule has 146 valence electrons. The lowest BCUT2D eigenvalue weighted by Crippen LogP contribution is -2.36. The van der Waals surface area contributed by atoms with Gasteiger partial charge in [-0.1, -0.05) is 17.7 Å². The molecule has 0 aliphatic rings. The fourth-order valence-electron chi connectivity index (χ4n) is 2.34. The number of methoxy groups -OCH3 is 2. The number of benzene rings is 2. The zero-order valence-electron chi connectivity index (χ0n) is 15.1. The summed E-state index contributed by atoms with van der Waals surface area (Å²) in [7, 11) is -1.21. The van der Waals surface area contributed by atoms with E-state index in [0.717, 1.165) is 4.31 Å². The first-order chi connectivity index (χ1) is 12.8. The molecule has 2 aromatic carbocycles. The quantitative estimate of drug-likeness (QED) is 0.618. The Labute approximate surface area is 163 Å². The number of ether oxygens (including phenoxy) is 3. The molecule has 0 fully saturated rings. The Balaban J connectivity index is 2.53. The molecule has 2 aromatic rings. The normalized spacial score (nSPS) is 11.0. The van der Waals surface area contributed by atoms with Crippen molar-refractivity contribution in [2.45, 2.75) is 11.8 Å². The molecule has 2 rings (SSSR count). The summed E-state index contributed by atoms with van der Waals surface area (Å²) in [6.07, 6.45) is 0. The first-order valence-corrected chi connectivity index (χ1v) is 9.81. The number of nitrogens with zero attached hydrogens (tertiary/aromatic N) is 1. The van der Waals surface area contributed by atoms with E-state index >= 15 is 0 Å². The summed E-state index contributed by atoms with van der Waals surface area (Å²) in [6.45, 7) is 1.29. The van der Waals surface area contributed by atoms with Crippen LogP contribution in [0.2, 0.25) is 5.02 Å². The highest BCUT2D eigenvalue weighted by molar-refractivity contribution is 7.92. The second kappa shape index (κ2) is 8.96. The summed E-state index contributed by atoms with van der Waals surface area (Å²) in [5.41, 5.74) is 0.259. The standard InChI is InChI=1S/C18H20ClNO6S/c1-4-26-18(21)12-20(13-6-5-7-14(10-13)24-2)27(22,23)15-8-9-17(25-3)16(19)11-15/h5-11H,4,12H2,1-3H3. The number of sulfonamides is 1. The lowest BCUT2D eigenvalue weighted by molar-refractivity contribution is -0.141. The molecule has 0 amide bonds. The molecule has 0 aliphatic heterocycles. The van der Waals surface area contributed by atoms with Gasteiger partial charge < -0.3 is 14.2 Å². The van der Waals surface area contributed by atoms with Gasteiger partial charge in [0.05, 0.1) is 36.4 Å². The zero-order chi connectivity index (χ0) is 20.0. The average molecular weight is 414 g/mol. The van der Waals surface area contributed by atoms with Crippen LogP contribution >= 0.6 is 11.6 Å². The van der Waals surface area contributed by atoms with Crippen LogP contribution in [0.1, 0.15) is 6.92 Å². The van der Waals surface area contributed by atoms with Crippen molar-refractivity contribution in [3.8, 4) is 11.5 Å². The number of hydrogen-bond acceptors (Lipinski definition) is 6. The van der Waals surface area contributed by atoms with E-state index in [4.69, 9.17) is 25.8 Å². The van der Waals surface area contributed by atoms with E-state index < -0.39 is 22.5 Å². The maximum absolute atomic E-state index is 13.2. The lowest BCUT2D eigenvalue weighted by atomic mass is 10.3. The predicted octanol–water partition coefficient (Wildman–Crippen LogP) is 3.12. The third-order valence-electron chi connectivity index (χ3n) is 3.63. The van der Waals surface area contributed by atoms with Crippen LogP contribution in [0.15, 0.2) is 47.4 Å². The van der Waals surface area contributed by atoms with Gasteiger partial charge in [-0.15, -0.1) is 0 Å². The van der Waals surface area contributed by atoms with Gasteiger partial charge in [0.1, 0.15) is 18.0 Å². The summed E-state index contributed by atoms with van der Waals surface area (Å²) < 4.78 is 42.5. The molecule has 0 atom stereocenters. The van der Waals surface area contributed by atoms with Crippen molar-refractivity contribution in [1.29, 1.82) is 0 Å². The topological polar surface area (TPSA) is 82.1 Å². The largest absolute Gasteiger partial charge is 0.497 e. The third-order valence-corrected chi connectivity index (χ3v) is 5.70. The lowest BCUT2D eigenvalue weighted by Gasteiger charge is -2.24. The van der Waals surface area contributed by atoms with Crippen molar-refractivity contribution < 1.29 is 27.4 Å². The Morgan fingerprint density at radius 2 is 1.85 bits per heavy atom. The Bertz CT molecular complexity index is 916. The first kappa shape index (κ1) is 20.9. The summed E-state index contributed by atoms with van der Waals surface area (Å²) in [5.74, 6) is 0.113. The Kier molecular flexibility index (Phi) is 6.92. The van der Waals surface area contributed by atoms with Crippen LogP contribution in [0, 0.1) is 0 Å². The second-order valence-corrected chi connectivity index (χ2v) is 7.58. The van der Waals surface area contributed by atoms with Gasteiger partial charge in [-0.2, -0.15) is 0 Å². The second-order valence-electron chi connectivity index (χ2n) is 5.31. The number of carbonyl (C=O) groups is 1. The maximum atomic E-state index is 13.2. The molecular weight excluding hydrogens is 394 g/mol. The highest BCUT2D eigenvalue weighted by atomic mass is 35.5. The smallest absolute Gasteiger partial charge is 0.326 e. The molecule has 0 aromatic heterocycles. The van der Waals surface area contributed by atoms with Crippen LogP contribution < -0.4 is 13.8 Å². The molecule has 9 heteroatoms. The van der Waals surface area contributed by atoms with Crippen LogP contribution in [0.5, 0.6) is 11.5 Å². The van der Waals surface area contributed by atoms with E-state index in [2.05, 4.69) is 0 Å². The predicted molar refractivity (Wildman–Crippen MR) is 102 cm³/mol. The van der Waals surface area contributed by atoms with Crippen molar-refractivity contribution in [3.63, 3.8) is 0 Å². The summed E-state index contributed by atoms with van der Waals surface area (Å²) in [4.78, 5) is 11.9. The molecule has 7 nitrogen and oxygen atoms in total. The molecule has 0 bridgehead atoms. The van der Waals surface area contributed by atoms with Crippen LogP contribution in [-0.2, 0) is 19.6 Å². The monoisotopic (exact) mass is 413 g/mol. The summed E-state index contributed by atoms with van der Waals surface area (Å²) in [5, 5.41) is 0.139. The molecule has 0 unspecified atom stereocenters. The van der Waals surface area contributed by atoms with E-state index in [-0.39, 0.29) is 22.2 Å². The van der Waals surface area contributed by atoms with Crippen LogP contribution in [0.25, 0.3) is 0 Å². The highest BCUT2D eigenvalue weighted by Gasteiger charge is 2.28. The van der Waals surface area contributed by atoms with Gasteiger partial charge in [0.25, 0.3) is 10.0 Å². The number of anilines is 1. The SMILES string of the molecule is CCOC(=O)CN(c1cccc(OC)c1)S(=O)(=O)c1ccc(OC)c(Cl)c1. The molecular formula is C18H20ClNO6S. The summed E-state index contributed by atoms with van der Waals surface area (Å²) in [6, 6.07) is 10.5. The number of esters is 1. The van der Waals surface area contributed by atoms with E-state index in [1.807, 2.05) is 0 Å². The van der Waals surface area contributed by atoms with Crippen LogP contribution in [0.4, 0.5) is 5.69 Å². The van der Waals surface area contributed by atoms with Gasteiger partial charge >= 0.3 is 5.97 Å². The average Bonchev–Trinajstić information content (AvgIpc) is 2.66. The van der Waals surface area contributed by atoms with Crippen molar-refractivity contribution in [2.24, 2.45) is 0 Å². The molecule has 0 saturated carbocycles. The minimum atomic E-state index is -4.10. The highest BCUT2D eigenvalue weighted by Crippen LogP contribution is 2.31. The maximum Gasteiger partial charge on any atom is 0.326 e. The van der Waals surface area contributed by atoms with Gasteiger partial charge in [-0.05, 0) is 37.3 Å². The molecule has 0 spiro atoms. The Morgan fingerprint density at radius 1 is 1.11 bits per heavy atom. The first-order valence-electron chi connectivity index (χ1n) is 7.99. The molecule has 0 N–H and O–H groups in total. The van der Waals surface area contributed by atoms with Crippen molar-refractivity contribution in [1.82, 2.24) is 0 Å². The number of halogens is 1. The van der Waals surface area contributed by atoms with E-state index in [0.29, 0.717) is 11.5 Å². The molecule has 27 heavy (non-hydrogen) atoms. The summed E-state index contributed by atoms with van der Waals surface area (Å²) >= 11 is 6.07. The van der Waals surface area contributed by atoms with Crippen molar-refractivity contribution in [2.75, 3.05) is 31.7 Å². The molecule has 0 aliphatic carbocycles. The van der Waals surface area contributed by atoms with Crippen molar-refractivity contribution >= 4 is 33.3 Å². The number of carbonyl (C=O) groups excluding carboxylic acids is 1. The minimum absolute atomic E-state index is 0.0829. The van der Waals surface area contributed by atoms with E-state index in [1.54, 1.807) is 25.1 Å². The zero-order valence-corrected chi connectivity index (χ0v) is 16.7. The van der Waals surface area contributed by atoms with Crippen molar-refractivity contribution in [3.05, 3.63) is 47.5 Å². The molecule has 0 saturated heterocycles. The number of rotatable bonds is 8. The fourth-order valence-corrected chi connectivity index (χ4v) is 4.09. The van der Waals surface area contributed by atoms with E-state index in [9.17, 15) is 13.2 Å². The minimum Gasteiger partial charge on any atom is -0.497 e. The Morgan fingerprint density at radius 3 is 2.44 bits per heavy atom. The van der Waals surface area contributed by atoms with Gasteiger partial charge in [-0.3, -0.25) is 9.10 Å². The van der Waals surface area contributed by atoms with Crippen LogP contribution in [-0.4, -0.2) is 41.8 Å². The van der Waals surface area contributed by atoms with Crippen LogP contribution in [0.3, 0.4) is 0 Å². The third kappa shape index (κ3) is 4.84. The van der Waals surface area contributed by atoms with Gasteiger partial charge in [0, 0.05) is 6.07 Å². The van der Waals surface area contributed by atoms with E-state index in [1.165, 1.54) is 38.5 Å². The fraction of sp³-hybridized carbons (Fsp3) is 0.278. The molecule has 0 heterocycles. The van der Waals surface area contributed by atoms with Gasteiger partial charge in [0.2, 0.25) is 0 Å². The number of hydrogen-bond donors (Lipinski definition) is 0. The van der Waals surface area contributed by atoms with Gasteiger partial charge in [-0.25, -0.2) is 8.42 Å².